The first kappa shape index (κ1) is 7.66. The van der Waals surface area contributed by atoms with Gasteiger partial charge in [-0.2, -0.15) is 0 Å². The van der Waals surface area contributed by atoms with Crippen LogP contribution in [-0.2, 0) is 0 Å². The second kappa shape index (κ2) is 2.50. The van der Waals surface area contributed by atoms with Gasteiger partial charge in [-0.05, 0) is 22.3 Å². The van der Waals surface area contributed by atoms with E-state index < -0.39 is 0 Å². The third kappa shape index (κ3) is 0.910. The van der Waals surface area contributed by atoms with Crippen LogP contribution in [0.5, 0.6) is 0 Å². The number of rotatable bonds is 0. The Morgan fingerprint density at radius 1 is 0.667 bits per heavy atom. The van der Waals surface area contributed by atoms with Gasteiger partial charge in [-0.15, -0.1) is 0 Å². The van der Waals surface area contributed by atoms with Crippen LogP contribution < -0.4 is 5.32 Å². The summed E-state index contributed by atoms with van der Waals surface area (Å²) in [4.78, 5) is 0. The molecule has 1 N–H and O–H groups in total. The lowest BCUT2D eigenvalue weighted by molar-refractivity contribution is 1.01. The molecule has 0 bridgehead atoms. The first-order valence-electron chi connectivity index (χ1n) is 5.39. The van der Waals surface area contributed by atoms with E-state index in [1.807, 2.05) is 0 Å². The fourth-order valence-corrected chi connectivity index (χ4v) is 2.70. The molecule has 72 valence electrons. The van der Waals surface area contributed by atoms with Crippen LogP contribution in [0.1, 0.15) is 23.2 Å². The van der Waals surface area contributed by atoms with Crippen LogP contribution in [0.4, 0.5) is 0 Å². The van der Waals surface area contributed by atoms with Crippen molar-refractivity contribution in [3.8, 4) is 11.1 Å². The van der Waals surface area contributed by atoms with E-state index >= 15 is 0 Å². The lowest BCUT2D eigenvalue weighted by atomic mass is 9.86. The molecule has 0 amide bonds. The van der Waals surface area contributed by atoms with E-state index in [1.54, 1.807) is 0 Å². The van der Waals surface area contributed by atoms with E-state index in [-0.39, 0.29) is 0 Å². The number of fused-ring (bicyclic) bond motifs is 6. The summed E-state index contributed by atoms with van der Waals surface area (Å²) in [7, 11) is 0. The number of nitrogens with one attached hydrogen (secondary N) is 1. The Kier molecular flexibility index (Phi) is 1.28. The Morgan fingerprint density at radius 3 is 1.67 bits per heavy atom. The van der Waals surface area contributed by atoms with Crippen LogP contribution in [0, 0.1) is 0 Å². The van der Waals surface area contributed by atoms with Crippen molar-refractivity contribution in [2.24, 2.45) is 0 Å². The lowest BCUT2D eigenvalue weighted by Crippen LogP contribution is -1.98. The van der Waals surface area contributed by atoms with E-state index in [2.05, 4.69) is 53.8 Å². The van der Waals surface area contributed by atoms with E-state index in [1.165, 1.54) is 22.3 Å². The standard InChI is InChI=1S/C14H11N/c1-3-7-11-9(5-1)10-6-2-4-8-12(10)14-13(11)15-14/h1-8,13-15H/t13-,14+. The second-order valence-corrected chi connectivity index (χ2v) is 4.30. The monoisotopic (exact) mass is 193 g/mol. The number of hydrogen-bond acceptors (Lipinski definition) is 1. The van der Waals surface area contributed by atoms with Crippen molar-refractivity contribution in [3.05, 3.63) is 59.7 Å². The Hall–Kier alpha value is -1.60. The first-order valence-corrected chi connectivity index (χ1v) is 5.39. The normalized spacial score (nSPS) is 25.1. The van der Waals surface area contributed by atoms with Gasteiger partial charge in [0.2, 0.25) is 0 Å². The fraction of sp³-hybridized carbons (Fsp3) is 0.143. The highest BCUT2D eigenvalue weighted by Crippen LogP contribution is 2.52. The van der Waals surface area contributed by atoms with Gasteiger partial charge in [-0.1, -0.05) is 48.5 Å². The summed E-state index contributed by atoms with van der Waals surface area (Å²) >= 11 is 0. The molecule has 0 unspecified atom stereocenters. The minimum atomic E-state index is 0.566. The average Bonchev–Trinajstić information content (AvgIpc) is 3.10. The molecular formula is C14H11N. The molecule has 15 heavy (non-hydrogen) atoms. The highest BCUT2D eigenvalue weighted by atomic mass is 15.2. The Morgan fingerprint density at radius 2 is 1.13 bits per heavy atom. The van der Waals surface area contributed by atoms with Crippen molar-refractivity contribution < 1.29 is 0 Å². The third-order valence-electron chi connectivity index (χ3n) is 3.47. The van der Waals surface area contributed by atoms with E-state index in [9.17, 15) is 0 Å². The molecule has 1 saturated heterocycles. The van der Waals surface area contributed by atoms with E-state index in [4.69, 9.17) is 0 Å². The van der Waals surface area contributed by atoms with Crippen molar-refractivity contribution in [2.75, 3.05) is 0 Å². The van der Waals surface area contributed by atoms with Crippen LogP contribution in [-0.4, -0.2) is 0 Å². The molecule has 2 aromatic carbocycles. The maximum atomic E-state index is 3.54. The molecular weight excluding hydrogens is 182 g/mol. The van der Waals surface area contributed by atoms with Crippen molar-refractivity contribution in [1.29, 1.82) is 0 Å². The summed E-state index contributed by atoms with van der Waals surface area (Å²) in [5.74, 6) is 0. The van der Waals surface area contributed by atoms with E-state index in [0.29, 0.717) is 12.1 Å². The second-order valence-electron chi connectivity index (χ2n) is 4.30. The van der Waals surface area contributed by atoms with E-state index in [0.717, 1.165) is 0 Å². The molecule has 2 aliphatic rings. The van der Waals surface area contributed by atoms with Gasteiger partial charge in [0.05, 0.1) is 12.1 Å². The molecule has 1 heterocycles. The van der Waals surface area contributed by atoms with Gasteiger partial charge >= 0.3 is 0 Å². The maximum absolute atomic E-state index is 3.54. The molecule has 2 aromatic rings. The first-order chi connectivity index (χ1) is 7.45. The molecule has 0 spiro atoms. The number of hydrogen-bond donors (Lipinski definition) is 1. The predicted molar refractivity (Wildman–Crippen MR) is 60.5 cm³/mol. The summed E-state index contributed by atoms with van der Waals surface area (Å²) in [6, 6.07) is 18.6. The van der Waals surface area contributed by atoms with Crippen molar-refractivity contribution in [2.45, 2.75) is 12.1 Å². The molecule has 0 radical (unpaired) electrons. The smallest absolute Gasteiger partial charge is 0.0530 e. The van der Waals surface area contributed by atoms with Gasteiger partial charge in [-0.3, -0.25) is 5.32 Å². The Labute approximate surface area is 88.8 Å². The Balaban J connectivity index is 2.09. The van der Waals surface area contributed by atoms with Crippen LogP contribution in [0.15, 0.2) is 48.5 Å². The van der Waals surface area contributed by atoms with Crippen LogP contribution in [0.25, 0.3) is 11.1 Å². The molecule has 0 aromatic heterocycles. The van der Waals surface area contributed by atoms with Gasteiger partial charge in [0.15, 0.2) is 0 Å². The predicted octanol–water partition coefficient (Wildman–Crippen LogP) is 3.05. The molecule has 1 heteroatoms. The van der Waals surface area contributed by atoms with Crippen molar-refractivity contribution in [3.63, 3.8) is 0 Å². The summed E-state index contributed by atoms with van der Waals surface area (Å²) in [6.07, 6.45) is 0. The largest absolute Gasteiger partial charge is 0.300 e. The average molecular weight is 193 g/mol. The Bertz CT molecular complexity index is 495. The topological polar surface area (TPSA) is 21.9 Å². The zero-order valence-electron chi connectivity index (χ0n) is 8.27. The van der Waals surface area contributed by atoms with Gasteiger partial charge in [0.1, 0.15) is 0 Å². The fourth-order valence-electron chi connectivity index (χ4n) is 2.70. The van der Waals surface area contributed by atoms with Gasteiger partial charge < -0.3 is 0 Å². The van der Waals surface area contributed by atoms with Crippen LogP contribution in [0.2, 0.25) is 0 Å². The minimum Gasteiger partial charge on any atom is -0.300 e. The van der Waals surface area contributed by atoms with Crippen molar-refractivity contribution >= 4 is 0 Å². The molecule has 1 aliphatic heterocycles. The highest BCUT2D eigenvalue weighted by molar-refractivity contribution is 5.76. The third-order valence-corrected chi connectivity index (χ3v) is 3.47. The summed E-state index contributed by atoms with van der Waals surface area (Å²) < 4.78 is 0. The molecule has 1 aliphatic carbocycles. The van der Waals surface area contributed by atoms with Crippen LogP contribution in [0.3, 0.4) is 0 Å². The molecule has 1 fully saturated rings. The molecule has 2 atom stereocenters. The summed E-state index contributed by atoms with van der Waals surface area (Å²) in [6.45, 7) is 0. The van der Waals surface area contributed by atoms with Gasteiger partial charge in [0, 0.05) is 0 Å². The summed E-state index contributed by atoms with van der Waals surface area (Å²) in [5.41, 5.74) is 5.72. The summed E-state index contributed by atoms with van der Waals surface area (Å²) in [5, 5.41) is 3.54. The molecule has 4 rings (SSSR count). The number of benzene rings is 2. The SMILES string of the molecule is c1ccc2c(c1)-c1ccccc1[C@@H]1N[C@H]21. The van der Waals surface area contributed by atoms with Gasteiger partial charge in [0.25, 0.3) is 0 Å². The highest BCUT2D eigenvalue weighted by Gasteiger charge is 2.44. The quantitative estimate of drug-likeness (QED) is 0.638. The lowest BCUT2D eigenvalue weighted by Gasteiger charge is -2.17. The maximum Gasteiger partial charge on any atom is 0.0530 e. The minimum absolute atomic E-state index is 0.566. The molecule has 1 nitrogen and oxygen atoms in total. The zero-order valence-corrected chi connectivity index (χ0v) is 8.27. The van der Waals surface area contributed by atoms with Crippen LogP contribution >= 0.6 is 0 Å². The van der Waals surface area contributed by atoms with Gasteiger partial charge in [-0.25, -0.2) is 0 Å². The van der Waals surface area contributed by atoms with Crippen molar-refractivity contribution in [1.82, 2.24) is 5.32 Å². The zero-order chi connectivity index (χ0) is 9.83. The molecule has 0 saturated carbocycles.